The van der Waals surface area contributed by atoms with Gasteiger partial charge in [0.05, 0.1) is 24.5 Å². The van der Waals surface area contributed by atoms with Crippen molar-refractivity contribution in [1.29, 1.82) is 0 Å². The van der Waals surface area contributed by atoms with Crippen molar-refractivity contribution in [3.63, 3.8) is 0 Å². The fraction of sp³-hybridized carbons (Fsp3) is 0.455. The third-order valence-corrected chi connectivity index (χ3v) is 3.16. The summed E-state index contributed by atoms with van der Waals surface area (Å²) in [6.07, 6.45) is 3.41. The quantitative estimate of drug-likeness (QED) is 0.805. The van der Waals surface area contributed by atoms with Crippen LogP contribution >= 0.6 is 0 Å². The summed E-state index contributed by atoms with van der Waals surface area (Å²) in [6.45, 7) is 2.65. The maximum atomic E-state index is 11.0. The maximum Gasteiger partial charge on any atom is 0.307 e. The molecule has 80 valence electrons. The molecule has 1 atom stereocenters. The second-order valence-electron chi connectivity index (χ2n) is 3.95. The molecule has 2 rings (SSSR count). The van der Waals surface area contributed by atoms with Gasteiger partial charge in [-0.25, -0.2) is 0 Å². The molecule has 0 amide bonds. The molecule has 1 aliphatic rings. The highest BCUT2D eigenvalue weighted by Crippen LogP contribution is 2.39. The predicted molar refractivity (Wildman–Crippen MR) is 53.5 cm³/mol. The van der Waals surface area contributed by atoms with Crippen molar-refractivity contribution in [2.75, 3.05) is 13.2 Å². The zero-order valence-corrected chi connectivity index (χ0v) is 8.51. The number of aromatic nitrogens is 1. The lowest BCUT2D eigenvalue weighted by atomic mass is 9.70. The predicted octanol–water partition coefficient (Wildman–Crippen LogP) is 1.07. The fourth-order valence-electron chi connectivity index (χ4n) is 1.88. The standard InChI is InChI=1S/C11H13NO3/c1-8(10(13)14)11(6-15-7-11)9-3-2-4-12-5-9/h2-5,8H,6-7H2,1H3,(H,13,14). The molecule has 1 aromatic rings. The Kier molecular flexibility index (Phi) is 2.44. The van der Waals surface area contributed by atoms with Crippen LogP contribution in [-0.2, 0) is 14.9 Å². The molecule has 2 heterocycles. The highest BCUT2D eigenvalue weighted by atomic mass is 16.5. The van der Waals surface area contributed by atoms with Crippen LogP contribution in [0.25, 0.3) is 0 Å². The molecule has 4 nitrogen and oxygen atoms in total. The highest BCUT2D eigenvalue weighted by Gasteiger charge is 2.48. The molecule has 1 saturated heterocycles. The topological polar surface area (TPSA) is 59.4 Å². The Hall–Kier alpha value is -1.42. The monoisotopic (exact) mass is 207 g/mol. The lowest BCUT2D eigenvalue weighted by Crippen LogP contribution is -2.53. The smallest absolute Gasteiger partial charge is 0.307 e. The number of pyridine rings is 1. The Morgan fingerprint density at radius 2 is 2.40 bits per heavy atom. The number of hydrogen-bond donors (Lipinski definition) is 1. The van der Waals surface area contributed by atoms with Gasteiger partial charge in [-0.3, -0.25) is 9.78 Å². The molecule has 1 unspecified atom stereocenters. The fourth-order valence-corrected chi connectivity index (χ4v) is 1.88. The molecule has 0 spiro atoms. The van der Waals surface area contributed by atoms with Crippen LogP contribution in [-0.4, -0.2) is 29.3 Å². The zero-order chi connectivity index (χ0) is 10.9. The third-order valence-electron chi connectivity index (χ3n) is 3.16. The first kappa shape index (κ1) is 10.1. The van der Waals surface area contributed by atoms with Gasteiger partial charge in [0.2, 0.25) is 0 Å². The molecule has 1 aromatic heterocycles. The number of rotatable bonds is 3. The Bertz CT molecular complexity index is 359. The van der Waals surface area contributed by atoms with Gasteiger partial charge < -0.3 is 9.84 Å². The molecule has 0 aliphatic carbocycles. The lowest BCUT2D eigenvalue weighted by molar-refractivity contribution is -0.155. The van der Waals surface area contributed by atoms with Crippen molar-refractivity contribution in [1.82, 2.24) is 4.98 Å². The van der Waals surface area contributed by atoms with Crippen molar-refractivity contribution in [2.24, 2.45) is 5.92 Å². The maximum absolute atomic E-state index is 11.0. The highest BCUT2D eigenvalue weighted by molar-refractivity contribution is 5.72. The lowest BCUT2D eigenvalue weighted by Gasteiger charge is -2.44. The van der Waals surface area contributed by atoms with E-state index in [1.165, 1.54) is 0 Å². The number of aliphatic carboxylic acids is 1. The minimum Gasteiger partial charge on any atom is -0.481 e. The number of carboxylic acid groups (broad SMARTS) is 1. The van der Waals surface area contributed by atoms with Crippen molar-refractivity contribution < 1.29 is 14.6 Å². The van der Waals surface area contributed by atoms with Gasteiger partial charge in [-0.2, -0.15) is 0 Å². The van der Waals surface area contributed by atoms with Crippen molar-refractivity contribution in [2.45, 2.75) is 12.3 Å². The third kappa shape index (κ3) is 1.51. The number of ether oxygens (including phenoxy) is 1. The van der Waals surface area contributed by atoms with Crippen LogP contribution < -0.4 is 0 Å². The summed E-state index contributed by atoms with van der Waals surface area (Å²) in [6, 6.07) is 3.74. The van der Waals surface area contributed by atoms with Crippen LogP contribution in [0, 0.1) is 5.92 Å². The minimum absolute atomic E-state index is 0.389. The molecule has 0 bridgehead atoms. The second kappa shape index (κ2) is 3.62. The molecule has 1 aliphatic heterocycles. The molecule has 1 fully saturated rings. The summed E-state index contributed by atoms with van der Waals surface area (Å²) in [5.74, 6) is -1.24. The molecule has 0 aromatic carbocycles. The van der Waals surface area contributed by atoms with Crippen LogP contribution in [0.3, 0.4) is 0 Å². The first-order valence-electron chi connectivity index (χ1n) is 4.88. The molecule has 0 saturated carbocycles. The summed E-state index contributed by atoms with van der Waals surface area (Å²) >= 11 is 0. The molecular weight excluding hydrogens is 194 g/mol. The second-order valence-corrected chi connectivity index (χ2v) is 3.95. The first-order chi connectivity index (χ1) is 7.17. The molecule has 4 heteroatoms. The van der Waals surface area contributed by atoms with Gasteiger partial charge in [0.1, 0.15) is 0 Å². The summed E-state index contributed by atoms with van der Waals surface area (Å²) < 4.78 is 5.17. The Morgan fingerprint density at radius 3 is 2.80 bits per heavy atom. The van der Waals surface area contributed by atoms with Crippen LogP contribution in [0.15, 0.2) is 24.5 Å². The molecule has 0 radical (unpaired) electrons. The van der Waals surface area contributed by atoms with E-state index in [9.17, 15) is 4.79 Å². The number of carboxylic acids is 1. The van der Waals surface area contributed by atoms with E-state index in [0.29, 0.717) is 13.2 Å². The summed E-state index contributed by atoms with van der Waals surface area (Å²) in [7, 11) is 0. The van der Waals surface area contributed by atoms with E-state index in [4.69, 9.17) is 9.84 Å². The summed E-state index contributed by atoms with van der Waals surface area (Å²) in [4.78, 5) is 15.1. The molecule has 15 heavy (non-hydrogen) atoms. The van der Waals surface area contributed by atoms with Crippen molar-refractivity contribution in [3.8, 4) is 0 Å². The Balaban J connectivity index is 2.34. The van der Waals surface area contributed by atoms with E-state index < -0.39 is 11.9 Å². The minimum atomic E-state index is -0.790. The SMILES string of the molecule is CC(C(=O)O)C1(c2cccnc2)COC1. The van der Waals surface area contributed by atoms with E-state index in [1.807, 2.05) is 12.1 Å². The average molecular weight is 207 g/mol. The van der Waals surface area contributed by atoms with E-state index >= 15 is 0 Å². The Labute approximate surface area is 87.9 Å². The van der Waals surface area contributed by atoms with Crippen molar-refractivity contribution in [3.05, 3.63) is 30.1 Å². The summed E-state index contributed by atoms with van der Waals surface area (Å²) in [5, 5.41) is 9.07. The van der Waals surface area contributed by atoms with E-state index in [2.05, 4.69) is 4.98 Å². The van der Waals surface area contributed by atoms with Gasteiger partial charge in [0.15, 0.2) is 0 Å². The van der Waals surface area contributed by atoms with Crippen molar-refractivity contribution >= 4 is 5.97 Å². The van der Waals surface area contributed by atoms with Gasteiger partial charge >= 0.3 is 5.97 Å². The molecular formula is C11H13NO3. The summed E-state index contributed by atoms with van der Waals surface area (Å²) in [5.41, 5.74) is 0.561. The first-order valence-corrected chi connectivity index (χ1v) is 4.88. The average Bonchev–Trinajstić information content (AvgIpc) is 2.17. The van der Waals surface area contributed by atoms with Gasteiger partial charge in [-0.1, -0.05) is 13.0 Å². The van der Waals surface area contributed by atoms with Crippen LogP contribution in [0.1, 0.15) is 12.5 Å². The van der Waals surface area contributed by atoms with Crippen LogP contribution in [0.2, 0.25) is 0 Å². The van der Waals surface area contributed by atoms with Gasteiger partial charge in [-0.05, 0) is 11.6 Å². The normalized spacial score (nSPS) is 20.3. The van der Waals surface area contributed by atoms with Gasteiger partial charge in [0, 0.05) is 12.4 Å². The molecule has 1 N–H and O–H groups in total. The number of hydrogen-bond acceptors (Lipinski definition) is 3. The zero-order valence-electron chi connectivity index (χ0n) is 8.51. The number of carbonyl (C=O) groups is 1. The Morgan fingerprint density at radius 1 is 1.67 bits per heavy atom. The van der Waals surface area contributed by atoms with Crippen LogP contribution in [0.4, 0.5) is 0 Å². The van der Waals surface area contributed by atoms with Gasteiger partial charge in [0.25, 0.3) is 0 Å². The van der Waals surface area contributed by atoms with E-state index in [0.717, 1.165) is 5.56 Å². The van der Waals surface area contributed by atoms with Gasteiger partial charge in [-0.15, -0.1) is 0 Å². The number of nitrogens with zero attached hydrogens (tertiary/aromatic N) is 1. The van der Waals surface area contributed by atoms with Crippen LogP contribution in [0.5, 0.6) is 0 Å². The van der Waals surface area contributed by atoms with E-state index in [-0.39, 0.29) is 5.41 Å². The largest absolute Gasteiger partial charge is 0.481 e. The van der Waals surface area contributed by atoms with E-state index in [1.54, 1.807) is 19.3 Å².